The van der Waals surface area contributed by atoms with Gasteiger partial charge in [0.05, 0.1) is 6.61 Å². The molecule has 3 heterocycles. The number of nitrogens with zero attached hydrogens (tertiary/aromatic N) is 3. The molecule has 2 saturated heterocycles. The third-order valence-electron chi connectivity index (χ3n) is 4.35. The summed E-state index contributed by atoms with van der Waals surface area (Å²) in [6, 6.07) is 2.56. The summed E-state index contributed by atoms with van der Waals surface area (Å²) in [6.45, 7) is 8.26. The number of rotatable bonds is 4. The smallest absolute Gasteiger partial charge is 0.218 e. The Bertz CT molecular complexity index is 439. The molecule has 2 aliphatic heterocycles. The Morgan fingerprint density at radius 1 is 1.37 bits per heavy atom. The first kappa shape index (κ1) is 12.7. The second-order valence-corrected chi connectivity index (χ2v) is 5.36. The van der Waals surface area contributed by atoms with Crippen LogP contribution in [-0.2, 0) is 0 Å². The van der Waals surface area contributed by atoms with Crippen molar-refractivity contribution in [2.24, 2.45) is 11.8 Å². The Morgan fingerprint density at radius 3 is 3.05 bits per heavy atom. The van der Waals surface area contributed by atoms with E-state index in [2.05, 4.69) is 27.1 Å². The zero-order valence-corrected chi connectivity index (χ0v) is 11.7. The predicted molar refractivity (Wildman–Crippen MR) is 74.5 cm³/mol. The molecule has 1 N–H and O–H groups in total. The van der Waals surface area contributed by atoms with E-state index in [0.717, 1.165) is 43.7 Å². The van der Waals surface area contributed by atoms with E-state index in [1.165, 1.54) is 0 Å². The molecule has 1 aromatic heterocycles. The molecule has 19 heavy (non-hydrogen) atoms. The SMILES string of the molecule is CCOc1cc(N2CC3CNCC3C2CC)ncn1. The van der Waals surface area contributed by atoms with Gasteiger partial charge in [-0.05, 0) is 25.2 Å². The number of hydrogen-bond acceptors (Lipinski definition) is 5. The first-order valence-corrected chi connectivity index (χ1v) is 7.25. The highest BCUT2D eigenvalue weighted by atomic mass is 16.5. The minimum Gasteiger partial charge on any atom is -0.478 e. The molecule has 1 aromatic rings. The topological polar surface area (TPSA) is 50.3 Å². The molecule has 2 aliphatic rings. The summed E-state index contributed by atoms with van der Waals surface area (Å²) < 4.78 is 5.48. The van der Waals surface area contributed by atoms with Crippen LogP contribution < -0.4 is 15.0 Å². The van der Waals surface area contributed by atoms with Crippen LogP contribution in [0.25, 0.3) is 0 Å². The van der Waals surface area contributed by atoms with Crippen molar-refractivity contribution < 1.29 is 4.74 Å². The lowest BCUT2D eigenvalue weighted by atomic mass is 9.93. The standard InChI is InChI=1S/C14H22N4O/c1-3-12-11-7-15-6-10(11)8-18(12)13-5-14(19-4-2)17-9-16-13/h5,9-12,15H,3-4,6-8H2,1-2H3. The molecule has 5 heteroatoms. The van der Waals surface area contributed by atoms with Gasteiger partial charge in [-0.2, -0.15) is 0 Å². The molecular weight excluding hydrogens is 240 g/mol. The number of ether oxygens (including phenoxy) is 1. The summed E-state index contributed by atoms with van der Waals surface area (Å²) >= 11 is 0. The Balaban J connectivity index is 1.83. The number of hydrogen-bond donors (Lipinski definition) is 1. The van der Waals surface area contributed by atoms with Gasteiger partial charge in [0.2, 0.25) is 5.88 Å². The first-order chi connectivity index (χ1) is 9.33. The van der Waals surface area contributed by atoms with Crippen LogP contribution >= 0.6 is 0 Å². The molecule has 104 valence electrons. The van der Waals surface area contributed by atoms with Crippen molar-refractivity contribution in [1.82, 2.24) is 15.3 Å². The van der Waals surface area contributed by atoms with Crippen molar-refractivity contribution in [1.29, 1.82) is 0 Å². The van der Waals surface area contributed by atoms with Crippen LogP contribution in [0.4, 0.5) is 5.82 Å². The maximum Gasteiger partial charge on any atom is 0.218 e. The summed E-state index contributed by atoms with van der Waals surface area (Å²) in [5.74, 6) is 3.21. The summed E-state index contributed by atoms with van der Waals surface area (Å²) in [7, 11) is 0. The van der Waals surface area contributed by atoms with Crippen molar-refractivity contribution in [2.75, 3.05) is 31.1 Å². The highest BCUT2D eigenvalue weighted by Crippen LogP contribution is 2.37. The van der Waals surface area contributed by atoms with E-state index >= 15 is 0 Å². The second-order valence-electron chi connectivity index (χ2n) is 5.36. The van der Waals surface area contributed by atoms with Gasteiger partial charge in [0.25, 0.3) is 0 Å². The number of nitrogens with one attached hydrogen (secondary N) is 1. The summed E-state index contributed by atoms with van der Waals surface area (Å²) in [4.78, 5) is 11.0. The van der Waals surface area contributed by atoms with Crippen LogP contribution in [0.3, 0.4) is 0 Å². The number of fused-ring (bicyclic) bond motifs is 1. The molecule has 0 saturated carbocycles. The van der Waals surface area contributed by atoms with Gasteiger partial charge >= 0.3 is 0 Å². The van der Waals surface area contributed by atoms with Crippen molar-refractivity contribution >= 4 is 5.82 Å². The van der Waals surface area contributed by atoms with Gasteiger partial charge in [0, 0.05) is 31.7 Å². The molecule has 3 rings (SSSR count). The number of aromatic nitrogens is 2. The fourth-order valence-corrected chi connectivity index (χ4v) is 3.52. The summed E-state index contributed by atoms with van der Waals surface area (Å²) in [5, 5.41) is 3.51. The van der Waals surface area contributed by atoms with Crippen molar-refractivity contribution in [3.05, 3.63) is 12.4 Å². The molecule has 3 atom stereocenters. The van der Waals surface area contributed by atoms with Gasteiger partial charge in [0.1, 0.15) is 12.1 Å². The molecule has 0 bridgehead atoms. The van der Waals surface area contributed by atoms with E-state index in [9.17, 15) is 0 Å². The van der Waals surface area contributed by atoms with Gasteiger partial charge in [-0.15, -0.1) is 0 Å². The maximum absolute atomic E-state index is 5.48. The van der Waals surface area contributed by atoms with Crippen molar-refractivity contribution in [3.8, 4) is 5.88 Å². The average molecular weight is 262 g/mol. The molecule has 0 amide bonds. The second kappa shape index (κ2) is 5.33. The minimum absolute atomic E-state index is 0.587. The Morgan fingerprint density at radius 2 is 2.26 bits per heavy atom. The van der Waals surface area contributed by atoms with Gasteiger partial charge in [-0.25, -0.2) is 9.97 Å². The van der Waals surface area contributed by atoms with Gasteiger partial charge in [-0.3, -0.25) is 0 Å². The molecular formula is C14H22N4O. The van der Waals surface area contributed by atoms with E-state index < -0.39 is 0 Å². The Kier molecular flexibility index (Phi) is 3.55. The molecule has 5 nitrogen and oxygen atoms in total. The zero-order valence-electron chi connectivity index (χ0n) is 11.7. The lowest BCUT2D eigenvalue weighted by Crippen LogP contribution is -2.35. The van der Waals surface area contributed by atoms with E-state index in [0.29, 0.717) is 18.5 Å². The van der Waals surface area contributed by atoms with Crippen molar-refractivity contribution in [2.45, 2.75) is 26.3 Å². The minimum atomic E-state index is 0.587. The maximum atomic E-state index is 5.48. The lowest BCUT2D eigenvalue weighted by molar-refractivity contribution is 0.326. The van der Waals surface area contributed by atoms with Crippen LogP contribution in [0.15, 0.2) is 12.4 Å². The van der Waals surface area contributed by atoms with Gasteiger partial charge in [-0.1, -0.05) is 6.92 Å². The average Bonchev–Trinajstić information content (AvgIpc) is 2.99. The Labute approximate surface area is 114 Å². The third kappa shape index (κ3) is 2.27. The van der Waals surface area contributed by atoms with Crippen LogP contribution in [-0.4, -0.2) is 42.3 Å². The number of anilines is 1. The van der Waals surface area contributed by atoms with E-state index in [-0.39, 0.29) is 0 Å². The molecule has 0 spiro atoms. The van der Waals surface area contributed by atoms with E-state index in [1.54, 1.807) is 6.33 Å². The monoisotopic (exact) mass is 262 g/mol. The third-order valence-corrected chi connectivity index (χ3v) is 4.35. The normalized spacial score (nSPS) is 29.6. The fraction of sp³-hybridized carbons (Fsp3) is 0.714. The largest absolute Gasteiger partial charge is 0.478 e. The molecule has 3 unspecified atom stereocenters. The zero-order chi connectivity index (χ0) is 13.2. The van der Waals surface area contributed by atoms with E-state index in [4.69, 9.17) is 4.74 Å². The van der Waals surface area contributed by atoms with Crippen molar-refractivity contribution in [3.63, 3.8) is 0 Å². The fourth-order valence-electron chi connectivity index (χ4n) is 3.52. The van der Waals surface area contributed by atoms with Gasteiger partial charge in [0.15, 0.2) is 0 Å². The van der Waals surface area contributed by atoms with Crippen LogP contribution in [0.5, 0.6) is 5.88 Å². The molecule has 2 fully saturated rings. The Hall–Kier alpha value is -1.36. The highest BCUT2D eigenvalue weighted by molar-refractivity contribution is 5.44. The molecule has 0 aliphatic carbocycles. The molecule has 0 aromatic carbocycles. The highest BCUT2D eigenvalue weighted by Gasteiger charge is 2.43. The van der Waals surface area contributed by atoms with Gasteiger partial charge < -0.3 is 15.0 Å². The lowest BCUT2D eigenvalue weighted by Gasteiger charge is -2.27. The molecule has 0 radical (unpaired) electrons. The van der Waals surface area contributed by atoms with E-state index in [1.807, 2.05) is 13.0 Å². The van der Waals surface area contributed by atoms with Crippen LogP contribution in [0.1, 0.15) is 20.3 Å². The summed E-state index contributed by atoms with van der Waals surface area (Å²) in [5.41, 5.74) is 0. The first-order valence-electron chi connectivity index (χ1n) is 7.25. The summed E-state index contributed by atoms with van der Waals surface area (Å²) in [6.07, 6.45) is 2.77. The quantitative estimate of drug-likeness (QED) is 0.886. The van der Waals surface area contributed by atoms with Crippen LogP contribution in [0, 0.1) is 11.8 Å². The van der Waals surface area contributed by atoms with Crippen LogP contribution in [0.2, 0.25) is 0 Å². The predicted octanol–water partition coefficient (Wildman–Crippen LogP) is 1.31.